The highest BCUT2D eigenvalue weighted by Gasteiger charge is 2.26. The van der Waals surface area contributed by atoms with Crippen molar-refractivity contribution in [2.75, 3.05) is 26.2 Å². The highest BCUT2D eigenvalue weighted by molar-refractivity contribution is 7.21. The SMILES string of the molecule is O=C(c1sc2ccccc2c1Cl)N1CCN(Cc2cccc3cccnc23)CC1. The first-order valence-corrected chi connectivity index (χ1v) is 10.9. The first-order chi connectivity index (χ1) is 14.2. The number of hydrogen-bond acceptors (Lipinski definition) is 4. The average molecular weight is 422 g/mol. The van der Waals surface area contributed by atoms with Gasteiger partial charge in [0.05, 0.1) is 10.5 Å². The summed E-state index contributed by atoms with van der Waals surface area (Å²) in [6.07, 6.45) is 1.84. The number of amides is 1. The number of carbonyl (C=O) groups is 1. The minimum Gasteiger partial charge on any atom is -0.335 e. The zero-order valence-electron chi connectivity index (χ0n) is 15.8. The molecule has 146 valence electrons. The molecule has 0 atom stereocenters. The number of hydrogen-bond donors (Lipinski definition) is 0. The second-order valence-corrected chi connectivity index (χ2v) is 8.73. The number of benzene rings is 2. The monoisotopic (exact) mass is 421 g/mol. The van der Waals surface area contributed by atoms with E-state index < -0.39 is 0 Å². The van der Waals surface area contributed by atoms with Crippen molar-refractivity contribution < 1.29 is 4.79 Å². The molecule has 0 spiro atoms. The van der Waals surface area contributed by atoms with E-state index in [1.54, 1.807) is 0 Å². The van der Waals surface area contributed by atoms with Gasteiger partial charge in [-0.25, -0.2) is 0 Å². The number of fused-ring (bicyclic) bond motifs is 2. The molecule has 5 rings (SSSR count). The molecule has 1 aliphatic heterocycles. The summed E-state index contributed by atoms with van der Waals surface area (Å²) in [5.41, 5.74) is 2.29. The Bertz CT molecular complexity index is 1190. The Hall–Kier alpha value is -2.47. The Kier molecular flexibility index (Phi) is 4.96. The zero-order valence-corrected chi connectivity index (χ0v) is 17.4. The zero-order chi connectivity index (χ0) is 19.8. The number of aromatic nitrogens is 1. The summed E-state index contributed by atoms with van der Waals surface area (Å²) in [5, 5.41) is 2.71. The van der Waals surface area contributed by atoms with Crippen molar-refractivity contribution in [3.63, 3.8) is 0 Å². The minimum absolute atomic E-state index is 0.0441. The maximum Gasteiger partial charge on any atom is 0.265 e. The van der Waals surface area contributed by atoms with Crippen LogP contribution in [0.2, 0.25) is 5.02 Å². The van der Waals surface area contributed by atoms with Crippen LogP contribution in [0.15, 0.2) is 60.8 Å². The molecule has 2 aromatic carbocycles. The van der Waals surface area contributed by atoms with E-state index in [0.717, 1.165) is 35.2 Å². The largest absolute Gasteiger partial charge is 0.335 e. The molecule has 1 saturated heterocycles. The Morgan fingerprint density at radius 2 is 1.79 bits per heavy atom. The predicted molar refractivity (Wildman–Crippen MR) is 120 cm³/mol. The molecule has 0 radical (unpaired) electrons. The van der Waals surface area contributed by atoms with E-state index >= 15 is 0 Å². The van der Waals surface area contributed by atoms with Crippen LogP contribution in [-0.2, 0) is 6.54 Å². The molecule has 6 heteroatoms. The van der Waals surface area contributed by atoms with Gasteiger partial charge in [-0.1, -0.05) is 54.1 Å². The second kappa shape index (κ2) is 7.75. The molecule has 0 unspecified atom stereocenters. The van der Waals surface area contributed by atoms with Crippen LogP contribution in [0.5, 0.6) is 0 Å². The van der Waals surface area contributed by atoms with Crippen LogP contribution in [-0.4, -0.2) is 46.9 Å². The van der Waals surface area contributed by atoms with Gasteiger partial charge in [0.2, 0.25) is 0 Å². The lowest BCUT2D eigenvalue weighted by molar-refractivity contribution is 0.0634. The van der Waals surface area contributed by atoms with Crippen LogP contribution in [0, 0.1) is 0 Å². The van der Waals surface area contributed by atoms with Crippen LogP contribution in [0.3, 0.4) is 0 Å². The van der Waals surface area contributed by atoms with Gasteiger partial charge in [0.1, 0.15) is 4.88 Å². The first-order valence-electron chi connectivity index (χ1n) is 9.72. The highest BCUT2D eigenvalue weighted by atomic mass is 35.5. The van der Waals surface area contributed by atoms with Gasteiger partial charge in [-0.15, -0.1) is 11.3 Å². The van der Waals surface area contributed by atoms with E-state index in [9.17, 15) is 4.79 Å². The van der Waals surface area contributed by atoms with Gasteiger partial charge in [-0.05, 0) is 17.7 Å². The summed E-state index contributed by atoms with van der Waals surface area (Å²) in [6, 6.07) is 18.3. The first kappa shape index (κ1) is 18.6. The maximum atomic E-state index is 13.1. The molecule has 4 aromatic rings. The van der Waals surface area contributed by atoms with E-state index in [4.69, 9.17) is 11.6 Å². The van der Waals surface area contributed by atoms with Crippen molar-refractivity contribution >= 4 is 49.8 Å². The molecule has 29 heavy (non-hydrogen) atoms. The van der Waals surface area contributed by atoms with Gasteiger partial charge in [0.25, 0.3) is 5.91 Å². The Balaban J connectivity index is 1.28. The lowest BCUT2D eigenvalue weighted by Crippen LogP contribution is -2.48. The average Bonchev–Trinajstić information content (AvgIpc) is 3.11. The molecule has 0 bridgehead atoms. The number of para-hydroxylation sites is 1. The van der Waals surface area contributed by atoms with Gasteiger partial charge in [0.15, 0.2) is 0 Å². The summed E-state index contributed by atoms with van der Waals surface area (Å²) < 4.78 is 1.06. The third-order valence-electron chi connectivity index (χ3n) is 5.50. The van der Waals surface area contributed by atoms with E-state index in [1.165, 1.54) is 22.3 Å². The highest BCUT2D eigenvalue weighted by Crippen LogP contribution is 2.36. The fourth-order valence-electron chi connectivity index (χ4n) is 3.94. The molecular formula is C23H20ClN3OS. The number of rotatable bonds is 3. The molecule has 0 saturated carbocycles. The number of nitrogens with zero attached hydrogens (tertiary/aromatic N) is 3. The van der Waals surface area contributed by atoms with Crippen LogP contribution in [0.1, 0.15) is 15.2 Å². The normalized spacial score (nSPS) is 15.3. The molecule has 1 fully saturated rings. The summed E-state index contributed by atoms with van der Waals surface area (Å²) in [5.74, 6) is 0.0441. The topological polar surface area (TPSA) is 36.4 Å². The summed E-state index contributed by atoms with van der Waals surface area (Å²) in [4.78, 5) is 22.6. The number of piperazine rings is 1. The molecule has 3 heterocycles. The lowest BCUT2D eigenvalue weighted by Gasteiger charge is -2.34. The molecule has 2 aromatic heterocycles. The van der Waals surface area contributed by atoms with Crippen LogP contribution in [0.25, 0.3) is 21.0 Å². The van der Waals surface area contributed by atoms with Crippen molar-refractivity contribution in [1.29, 1.82) is 0 Å². The standard InChI is InChI=1S/C23H20ClN3OS/c24-20-18-8-1-2-9-19(18)29-22(20)23(28)27-13-11-26(12-14-27)15-17-6-3-5-16-7-4-10-25-21(16)17/h1-10H,11-15H2. The smallest absolute Gasteiger partial charge is 0.265 e. The maximum absolute atomic E-state index is 13.1. The third kappa shape index (κ3) is 3.50. The molecule has 4 nitrogen and oxygen atoms in total. The van der Waals surface area contributed by atoms with E-state index in [0.29, 0.717) is 23.0 Å². The van der Waals surface area contributed by atoms with Crippen LogP contribution >= 0.6 is 22.9 Å². The van der Waals surface area contributed by atoms with Gasteiger partial charge >= 0.3 is 0 Å². The van der Waals surface area contributed by atoms with E-state index in [2.05, 4.69) is 34.1 Å². The van der Waals surface area contributed by atoms with Crippen molar-refractivity contribution in [2.24, 2.45) is 0 Å². The summed E-state index contributed by atoms with van der Waals surface area (Å²) in [6.45, 7) is 3.96. The number of thiophene rings is 1. The molecule has 1 aliphatic rings. The molecule has 1 amide bonds. The number of halogens is 1. The predicted octanol–water partition coefficient (Wildman–Crippen LogP) is 5.06. The van der Waals surface area contributed by atoms with Crippen molar-refractivity contribution in [3.05, 3.63) is 76.3 Å². The van der Waals surface area contributed by atoms with Crippen molar-refractivity contribution in [1.82, 2.24) is 14.8 Å². The van der Waals surface area contributed by atoms with E-state index in [1.807, 2.05) is 41.4 Å². The fraction of sp³-hybridized carbons (Fsp3) is 0.217. The van der Waals surface area contributed by atoms with Gasteiger partial charge in [-0.3, -0.25) is 14.7 Å². The van der Waals surface area contributed by atoms with Crippen LogP contribution < -0.4 is 0 Å². The van der Waals surface area contributed by atoms with Crippen LogP contribution in [0.4, 0.5) is 0 Å². The Labute approximate surface area is 178 Å². The summed E-state index contributed by atoms with van der Waals surface area (Å²) in [7, 11) is 0. The fourth-order valence-corrected chi connectivity index (χ4v) is 5.42. The van der Waals surface area contributed by atoms with Crippen molar-refractivity contribution in [3.8, 4) is 0 Å². The quantitative estimate of drug-likeness (QED) is 0.464. The third-order valence-corrected chi connectivity index (χ3v) is 7.16. The van der Waals surface area contributed by atoms with Gasteiger partial charge in [-0.2, -0.15) is 0 Å². The minimum atomic E-state index is 0.0441. The van der Waals surface area contributed by atoms with E-state index in [-0.39, 0.29) is 5.91 Å². The Morgan fingerprint density at radius 1 is 1.00 bits per heavy atom. The van der Waals surface area contributed by atoms with Gasteiger partial charge < -0.3 is 4.90 Å². The molecule has 0 N–H and O–H groups in total. The number of carbonyl (C=O) groups excluding carboxylic acids is 1. The summed E-state index contributed by atoms with van der Waals surface area (Å²) >= 11 is 7.99. The van der Waals surface area contributed by atoms with Crippen molar-refractivity contribution in [2.45, 2.75) is 6.54 Å². The molecule has 0 aliphatic carbocycles. The second-order valence-electron chi connectivity index (χ2n) is 7.30. The van der Waals surface area contributed by atoms with Gasteiger partial charge in [0, 0.05) is 54.4 Å². The molecular weight excluding hydrogens is 402 g/mol. The number of pyridine rings is 1. The Morgan fingerprint density at radius 3 is 2.62 bits per heavy atom. The lowest BCUT2D eigenvalue weighted by atomic mass is 10.1.